The van der Waals surface area contributed by atoms with Gasteiger partial charge in [0.2, 0.25) is 0 Å². The lowest BCUT2D eigenvalue weighted by Gasteiger charge is -2.21. The topological polar surface area (TPSA) is 100 Å². The van der Waals surface area contributed by atoms with Crippen molar-refractivity contribution >= 4 is 27.6 Å². The second-order valence-electron chi connectivity index (χ2n) is 8.44. The van der Waals surface area contributed by atoms with Crippen molar-refractivity contribution in [3.63, 3.8) is 0 Å². The highest BCUT2D eigenvalue weighted by atomic mass is 16.1. The summed E-state index contributed by atoms with van der Waals surface area (Å²) in [4.78, 5) is 22.4. The smallest absolute Gasteiger partial charge is 0.188 e. The van der Waals surface area contributed by atoms with E-state index in [-0.39, 0.29) is 5.78 Å². The highest BCUT2D eigenvalue weighted by Crippen LogP contribution is 2.39. The number of carbonyl (C=O) groups excluding carboxylic acids is 1. The lowest BCUT2D eigenvalue weighted by Crippen LogP contribution is -2.09. The minimum atomic E-state index is -0.00531. The summed E-state index contributed by atoms with van der Waals surface area (Å²) in [5, 5.41) is 16.7. The minimum Gasteiger partial charge on any atom is -0.292 e. The van der Waals surface area contributed by atoms with Crippen molar-refractivity contribution < 1.29 is 4.79 Å². The number of benzene rings is 1. The predicted octanol–water partition coefficient (Wildman–Crippen LogP) is 4.51. The Morgan fingerprint density at radius 1 is 1.00 bits per heavy atom. The fourth-order valence-corrected chi connectivity index (χ4v) is 4.92. The van der Waals surface area contributed by atoms with Gasteiger partial charge in [-0.25, -0.2) is 4.98 Å². The van der Waals surface area contributed by atoms with E-state index in [1.54, 1.807) is 12.4 Å². The van der Waals surface area contributed by atoms with E-state index in [4.69, 9.17) is 4.98 Å². The van der Waals surface area contributed by atoms with Gasteiger partial charge in [0.15, 0.2) is 5.78 Å². The lowest BCUT2D eigenvalue weighted by molar-refractivity contribution is 0.0990. The molecule has 7 nitrogen and oxygen atoms in total. The first kappa shape index (κ1) is 18.9. The Kier molecular flexibility index (Phi) is 4.35. The third kappa shape index (κ3) is 2.92. The van der Waals surface area contributed by atoms with Crippen molar-refractivity contribution in [1.29, 1.82) is 0 Å². The van der Waals surface area contributed by atoms with Gasteiger partial charge in [-0.15, -0.1) is 0 Å². The molecule has 0 unspecified atom stereocenters. The predicted molar refractivity (Wildman–Crippen MR) is 123 cm³/mol. The number of carbonyl (C=O) groups is 1. The zero-order valence-electron chi connectivity index (χ0n) is 17.8. The average molecular weight is 422 g/mol. The largest absolute Gasteiger partial charge is 0.292 e. The van der Waals surface area contributed by atoms with Crippen LogP contribution >= 0.6 is 0 Å². The molecule has 1 aromatic carbocycles. The van der Waals surface area contributed by atoms with E-state index in [1.807, 2.05) is 37.4 Å². The summed E-state index contributed by atoms with van der Waals surface area (Å²) in [5.41, 5.74) is 8.82. The van der Waals surface area contributed by atoms with Crippen molar-refractivity contribution in [3.8, 4) is 11.3 Å². The first-order valence-electron chi connectivity index (χ1n) is 11.0. The number of aromatic nitrogens is 6. The van der Waals surface area contributed by atoms with Gasteiger partial charge in [-0.3, -0.25) is 20.0 Å². The Morgan fingerprint density at radius 2 is 1.81 bits per heavy atom. The number of nitrogens with zero attached hydrogens (tertiary/aromatic N) is 4. The second kappa shape index (κ2) is 7.37. The van der Waals surface area contributed by atoms with Gasteiger partial charge in [0.25, 0.3) is 0 Å². The third-order valence-corrected chi connectivity index (χ3v) is 6.46. The molecule has 1 aliphatic rings. The molecule has 32 heavy (non-hydrogen) atoms. The maximum absolute atomic E-state index is 13.3. The molecular weight excluding hydrogens is 400 g/mol. The van der Waals surface area contributed by atoms with Gasteiger partial charge in [-0.2, -0.15) is 10.2 Å². The number of pyridine rings is 2. The van der Waals surface area contributed by atoms with Crippen molar-refractivity contribution in [1.82, 2.24) is 30.4 Å². The fraction of sp³-hybridized carbons (Fsp3) is 0.240. The molecule has 0 saturated heterocycles. The Hall–Kier alpha value is -3.87. The Morgan fingerprint density at radius 3 is 2.59 bits per heavy atom. The van der Waals surface area contributed by atoms with Gasteiger partial charge in [0.05, 0.1) is 22.9 Å². The number of nitrogens with one attached hydrogen (secondary N) is 2. The van der Waals surface area contributed by atoms with Gasteiger partial charge in [0.1, 0.15) is 5.69 Å². The number of fused-ring (bicyclic) bond motifs is 5. The van der Waals surface area contributed by atoms with Crippen LogP contribution in [0.1, 0.15) is 45.7 Å². The van der Waals surface area contributed by atoms with Crippen LogP contribution in [0, 0.1) is 6.92 Å². The molecule has 0 atom stereocenters. The quantitative estimate of drug-likeness (QED) is 0.415. The molecule has 0 bridgehead atoms. The molecule has 0 radical (unpaired) electrons. The summed E-state index contributed by atoms with van der Waals surface area (Å²) >= 11 is 0. The monoisotopic (exact) mass is 422 g/mol. The standard InChI is InChI=1S/C25H22N6O/c1-14-18(13-27-29-14)24-17-5-3-2-4-16(17)22-19(28-24)6-7-20-23(22)25(31-30-20)21(32)12-15-8-10-26-11-9-15/h6-11,13H,2-5,12H2,1H3,(H,27,29)(H,30,31). The summed E-state index contributed by atoms with van der Waals surface area (Å²) in [6.45, 7) is 2.03. The molecule has 7 heteroatoms. The number of aromatic amines is 2. The van der Waals surface area contributed by atoms with Crippen LogP contribution < -0.4 is 0 Å². The molecule has 4 heterocycles. The maximum Gasteiger partial charge on any atom is 0.188 e. The van der Waals surface area contributed by atoms with E-state index in [9.17, 15) is 4.79 Å². The SMILES string of the molecule is Cc1[nH]ncc1-c1nc2ccc3[nH]nc(C(=O)Cc4ccncc4)c3c2c2c1CCCC2. The van der Waals surface area contributed by atoms with Gasteiger partial charge < -0.3 is 0 Å². The number of ketones is 1. The molecule has 0 saturated carbocycles. The zero-order chi connectivity index (χ0) is 21.7. The highest BCUT2D eigenvalue weighted by molar-refractivity contribution is 6.17. The van der Waals surface area contributed by atoms with Crippen molar-refractivity contribution in [2.75, 3.05) is 0 Å². The van der Waals surface area contributed by atoms with Gasteiger partial charge in [-0.1, -0.05) is 0 Å². The molecule has 158 valence electrons. The van der Waals surface area contributed by atoms with Crippen molar-refractivity contribution in [3.05, 3.63) is 70.9 Å². The molecule has 0 amide bonds. The van der Waals surface area contributed by atoms with Crippen LogP contribution in [0.5, 0.6) is 0 Å². The Labute approximate surface area is 184 Å². The first-order chi connectivity index (χ1) is 15.7. The molecule has 0 spiro atoms. The van der Waals surface area contributed by atoms with E-state index >= 15 is 0 Å². The lowest BCUT2D eigenvalue weighted by atomic mass is 9.85. The molecule has 2 N–H and O–H groups in total. The second-order valence-corrected chi connectivity index (χ2v) is 8.44. The summed E-state index contributed by atoms with van der Waals surface area (Å²) in [5.74, 6) is -0.00531. The number of hydrogen-bond acceptors (Lipinski definition) is 5. The van der Waals surface area contributed by atoms with Crippen LogP contribution in [0.3, 0.4) is 0 Å². The molecule has 1 aliphatic carbocycles. The summed E-state index contributed by atoms with van der Waals surface area (Å²) < 4.78 is 0. The van der Waals surface area contributed by atoms with Crippen LogP contribution in [0.15, 0.2) is 42.9 Å². The number of rotatable bonds is 4. The summed E-state index contributed by atoms with van der Waals surface area (Å²) in [6, 6.07) is 7.74. The number of Topliss-reactive ketones (excluding diaryl/α,β-unsaturated/α-hetero) is 1. The normalized spacial score (nSPS) is 13.5. The number of hydrogen-bond donors (Lipinski definition) is 2. The Bertz CT molecular complexity index is 1480. The van der Waals surface area contributed by atoms with Gasteiger partial charge >= 0.3 is 0 Å². The van der Waals surface area contributed by atoms with Gasteiger partial charge in [0, 0.05) is 40.8 Å². The van der Waals surface area contributed by atoms with Crippen LogP contribution in [-0.2, 0) is 19.3 Å². The summed E-state index contributed by atoms with van der Waals surface area (Å²) in [7, 11) is 0. The number of aryl methyl sites for hydroxylation is 2. The highest BCUT2D eigenvalue weighted by Gasteiger charge is 2.25. The van der Waals surface area contributed by atoms with E-state index in [2.05, 4.69) is 25.4 Å². The summed E-state index contributed by atoms with van der Waals surface area (Å²) in [6.07, 6.45) is 9.79. The molecule has 4 aromatic heterocycles. The fourth-order valence-electron chi connectivity index (χ4n) is 4.92. The van der Waals surface area contributed by atoms with E-state index < -0.39 is 0 Å². The van der Waals surface area contributed by atoms with E-state index in [0.717, 1.165) is 70.0 Å². The van der Waals surface area contributed by atoms with E-state index in [0.29, 0.717) is 12.1 Å². The average Bonchev–Trinajstić information content (AvgIpc) is 3.45. The third-order valence-electron chi connectivity index (χ3n) is 6.46. The molecule has 5 aromatic rings. The molecule has 0 aliphatic heterocycles. The van der Waals surface area contributed by atoms with Crippen LogP contribution in [0.2, 0.25) is 0 Å². The Balaban J connectivity index is 1.59. The molecule has 6 rings (SSSR count). The van der Waals surface area contributed by atoms with Crippen LogP contribution in [0.25, 0.3) is 33.1 Å². The molecular formula is C25H22N6O. The van der Waals surface area contributed by atoms with Crippen LogP contribution in [0.4, 0.5) is 0 Å². The first-order valence-corrected chi connectivity index (χ1v) is 11.0. The number of H-pyrrole nitrogens is 2. The van der Waals surface area contributed by atoms with E-state index in [1.165, 1.54) is 11.1 Å². The molecule has 0 fully saturated rings. The van der Waals surface area contributed by atoms with Crippen molar-refractivity contribution in [2.45, 2.75) is 39.0 Å². The minimum absolute atomic E-state index is 0.00531. The van der Waals surface area contributed by atoms with Crippen LogP contribution in [-0.4, -0.2) is 36.1 Å². The zero-order valence-corrected chi connectivity index (χ0v) is 17.8. The van der Waals surface area contributed by atoms with Gasteiger partial charge in [-0.05, 0) is 73.6 Å². The maximum atomic E-state index is 13.3. The van der Waals surface area contributed by atoms with Crippen molar-refractivity contribution in [2.24, 2.45) is 0 Å².